The van der Waals surface area contributed by atoms with Crippen molar-refractivity contribution in [3.63, 3.8) is 0 Å². The average Bonchev–Trinajstić information content (AvgIpc) is 2.80. The average molecular weight is 272 g/mol. The monoisotopic (exact) mass is 272 g/mol. The van der Waals surface area contributed by atoms with Crippen molar-refractivity contribution in [1.82, 2.24) is 19.8 Å². The fourth-order valence-electron chi connectivity index (χ4n) is 3.07. The van der Waals surface area contributed by atoms with Gasteiger partial charge in [0.25, 0.3) is 0 Å². The number of rotatable bonds is 4. The molecule has 0 unspecified atom stereocenters. The van der Waals surface area contributed by atoms with Crippen LogP contribution in [0.3, 0.4) is 0 Å². The SMILES string of the molecule is CCn1c(C)nc2cc(CCN3CCNCC3)ccc21. The highest BCUT2D eigenvalue weighted by Gasteiger charge is 2.10. The Balaban J connectivity index is 1.72. The molecule has 1 aliphatic rings. The molecule has 1 fully saturated rings. The summed E-state index contributed by atoms with van der Waals surface area (Å²) in [5, 5.41) is 3.40. The molecule has 20 heavy (non-hydrogen) atoms. The van der Waals surface area contributed by atoms with Crippen molar-refractivity contribution in [3.05, 3.63) is 29.6 Å². The number of aromatic nitrogens is 2. The van der Waals surface area contributed by atoms with E-state index >= 15 is 0 Å². The van der Waals surface area contributed by atoms with Crippen molar-refractivity contribution in [2.24, 2.45) is 0 Å². The molecule has 0 atom stereocenters. The number of nitrogens with one attached hydrogen (secondary N) is 1. The maximum absolute atomic E-state index is 4.68. The molecular weight excluding hydrogens is 248 g/mol. The van der Waals surface area contributed by atoms with Gasteiger partial charge in [0.2, 0.25) is 0 Å². The fourth-order valence-corrected chi connectivity index (χ4v) is 3.07. The smallest absolute Gasteiger partial charge is 0.106 e. The molecule has 1 aromatic heterocycles. The number of hydrogen-bond donors (Lipinski definition) is 1. The molecule has 0 aliphatic carbocycles. The second-order valence-corrected chi connectivity index (χ2v) is 5.57. The third kappa shape index (κ3) is 2.72. The summed E-state index contributed by atoms with van der Waals surface area (Å²) in [5.41, 5.74) is 3.80. The highest BCUT2D eigenvalue weighted by Crippen LogP contribution is 2.18. The van der Waals surface area contributed by atoms with E-state index in [0.717, 1.165) is 43.9 Å². The molecule has 2 aromatic rings. The molecular formula is C16H24N4. The van der Waals surface area contributed by atoms with E-state index in [9.17, 15) is 0 Å². The predicted molar refractivity (Wildman–Crippen MR) is 83.2 cm³/mol. The van der Waals surface area contributed by atoms with Crippen LogP contribution < -0.4 is 5.32 Å². The molecule has 4 heteroatoms. The molecule has 1 aliphatic heterocycles. The normalized spacial score (nSPS) is 16.9. The Labute approximate surface area is 120 Å². The zero-order valence-electron chi connectivity index (χ0n) is 12.5. The van der Waals surface area contributed by atoms with Gasteiger partial charge in [-0.2, -0.15) is 0 Å². The maximum atomic E-state index is 4.68. The van der Waals surface area contributed by atoms with Crippen LogP contribution in [0.25, 0.3) is 11.0 Å². The van der Waals surface area contributed by atoms with Crippen LogP contribution in [0.5, 0.6) is 0 Å². The van der Waals surface area contributed by atoms with E-state index in [1.54, 1.807) is 0 Å². The van der Waals surface area contributed by atoms with Gasteiger partial charge in [0.05, 0.1) is 11.0 Å². The van der Waals surface area contributed by atoms with E-state index in [-0.39, 0.29) is 0 Å². The Morgan fingerprint density at radius 1 is 1.25 bits per heavy atom. The predicted octanol–water partition coefficient (Wildman–Crippen LogP) is 1.81. The summed E-state index contributed by atoms with van der Waals surface area (Å²) < 4.78 is 2.27. The van der Waals surface area contributed by atoms with Crippen molar-refractivity contribution in [3.8, 4) is 0 Å². The lowest BCUT2D eigenvalue weighted by Gasteiger charge is -2.27. The van der Waals surface area contributed by atoms with E-state index in [1.807, 2.05) is 0 Å². The molecule has 0 radical (unpaired) electrons. The first-order valence-corrected chi connectivity index (χ1v) is 7.67. The van der Waals surface area contributed by atoms with Crippen LogP contribution in [0.1, 0.15) is 18.3 Å². The Morgan fingerprint density at radius 3 is 2.80 bits per heavy atom. The summed E-state index contributed by atoms with van der Waals surface area (Å²) >= 11 is 0. The first-order chi connectivity index (χ1) is 9.78. The van der Waals surface area contributed by atoms with Crippen molar-refractivity contribution in [2.75, 3.05) is 32.7 Å². The first kappa shape index (κ1) is 13.6. The van der Waals surface area contributed by atoms with Gasteiger partial charge in [-0.05, 0) is 38.0 Å². The molecule has 1 N–H and O–H groups in total. The van der Waals surface area contributed by atoms with E-state index < -0.39 is 0 Å². The van der Waals surface area contributed by atoms with Gasteiger partial charge in [0.15, 0.2) is 0 Å². The summed E-state index contributed by atoms with van der Waals surface area (Å²) in [4.78, 5) is 7.22. The fraction of sp³-hybridized carbons (Fsp3) is 0.562. The Bertz CT molecular complexity index is 581. The minimum atomic E-state index is 0.989. The first-order valence-electron chi connectivity index (χ1n) is 7.67. The summed E-state index contributed by atoms with van der Waals surface area (Å²) in [6.45, 7) is 11.0. The number of fused-ring (bicyclic) bond motifs is 1. The van der Waals surface area contributed by atoms with E-state index in [4.69, 9.17) is 0 Å². The number of piperazine rings is 1. The molecule has 3 rings (SSSR count). The zero-order valence-corrected chi connectivity index (χ0v) is 12.5. The van der Waals surface area contributed by atoms with Crippen molar-refractivity contribution >= 4 is 11.0 Å². The van der Waals surface area contributed by atoms with Crippen molar-refractivity contribution in [2.45, 2.75) is 26.8 Å². The van der Waals surface area contributed by atoms with Crippen molar-refractivity contribution in [1.29, 1.82) is 0 Å². The molecule has 1 aromatic carbocycles. The lowest BCUT2D eigenvalue weighted by molar-refractivity contribution is 0.244. The second kappa shape index (κ2) is 5.94. The van der Waals surface area contributed by atoms with Crippen LogP contribution >= 0.6 is 0 Å². The van der Waals surface area contributed by atoms with Crippen LogP contribution in [0.15, 0.2) is 18.2 Å². The zero-order chi connectivity index (χ0) is 13.9. The van der Waals surface area contributed by atoms with Gasteiger partial charge < -0.3 is 14.8 Å². The second-order valence-electron chi connectivity index (χ2n) is 5.57. The van der Waals surface area contributed by atoms with Crippen molar-refractivity contribution < 1.29 is 0 Å². The topological polar surface area (TPSA) is 33.1 Å². The summed E-state index contributed by atoms with van der Waals surface area (Å²) in [5.74, 6) is 1.11. The van der Waals surface area contributed by atoms with Gasteiger partial charge in [-0.1, -0.05) is 6.07 Å². The van der Waals surface area contributed by atoms with Crippen LogP contribution in [-0.2, 0) is 13.0 Å². The quantitative estimate of drug-likeness (QED) is 0.921. The van der Waals surface area contributed by atoms with Gasteiger partial charge >= 0.3 is 0 Å². The molecule has 0 spiro atoms. The van der Waals surface area contributed by atoms with Gasteiger partial charge in [-0.25, -0.2) is 4.98 Å². The molecule has 1 saturated heterocycles. The Morgan fingerprint density at radius 2 is 2.05 bits per heavy atom. The Hall–Kier alpha value is -1.39. The molecule has 108 valence electrons. The molecule has 0 bridgehead atoms. The number of imidazole rings is 1. The summed E-state index contributed by atoms with van der Waals surface area (Å²) in [6.07, 6.45) is 1.12. The molecule has 0 saturated carbocycles. The van der Waals surface area contributed by atoms with E-state index in [2.05, 4.69) is 51.8 Å². The van der Waals surface area contributed by atoms with Crippen LogP contribution in [0, 0.1) is 6.92 Å². The maximum Gasteiger partial charge on any atom is 0.106 e. The van der Waals surface area contributed by atoms with E-state index in [0.29, 0.717) is 0 Å². The molecule has 4 nitrogen and oxygen atoms in total. The standard InChI is InChI=1S/C16H24N4/c1-3-20-13(2)18-15-12-14(4-5-16(15)20)6-9-19-10-7-17-8-11-19/h4-5,12,17H,3,6-11H2,1-2H3. The highest BCUT2D eigenvalue weighted by molar-refractivity contribution is 5.76. The number of nitrogens with zero attached hydrogens (tertiary/aromatic N) is 3. The third-order valence-corrected chi connectivity index (χ3v) is 4.25. The lowest BCUT2D eigenvalue weighted by Crippen LogP contribution is -2.44. The van der Waals surface area contributed by atoms with Gasteiger partial charge in [0.1, 0.15) is 5.82 Å². The number of aryl methyl sites for hydroxylation is 2. The molecule has 0 amide bonds. The van der Waals surface area contributed by atoms with E-state index in [1.165, 1.54) is 24.2 Å². The van der Waals surface area contributed by atoms with Crippen LogP contribution in [0.2, 0.25) is 0 Å². The lowest BCUT2D eigenvalue weighted by atomic mass is 10.1. The van der Waals surface area contributed by atoms with Crippen LogP contribution in [0.4, 0.5) is 0 Å². The number of hydrogen-bond acceptors (Lipinski definition) is 3. The highest BCUT2D eigenvalue weighted by atomic mass is 15.2. The Kier molecular flexibility index (Phi) is 4.03. The summed E-state index contributed by atoms with van der Waals surface area (Å²) in [7, 11) is 0. The third-order valence-electron chi connectivity index (χ3n) is 4.25. The molecule has 2 heterocycles. The minimum absolute atomic E-state index is 0.989. The van der Waals surface area contributed by atoms with Gasteiger partial charge in [-0.15, -0.1) is 0 Å². The van der Waals surface area contributed by atoms with Gasteiger partial charge in [0, 0.05) is 39.3 Å². The largest absolute Gasteiger partial charge is 0.329 e. The van der Waals surface area contributed by atoms with Crippen LogP contribution in [-0.4, -0.2) is 47.2 Å². The minimum Gasteiger partial charge on any atom is -0.329 e. The van der Waals surface area contributed by atoms with Gasteiger partial charge in [-0.3, -0.25) is 0 Å². The summed E-state index contributed by atoms with van der Waals surface area (Å²) in [6, 6.07) is 6.75. The number of benzene rings is 1.